The minimum absolute atomic E-state index is 0.0644. The number of anilines is 1. The molecule has 2 aromatic heterocycles. The van der Waals surface area contributed by atoms with Gasteiger partial charge in [-0.05, 0) is 43.2 Å². The number of ether oxygens (including phenoxy) is 2. The second-order valence-electron chi connectivity index (χ2n) is 7.32. The third kappa shape index (κ3) is 3.49. The molecule has 4 heterocycles. The number of aromatic amines is 1. The van der Waals surface area contributed by atoms with E-state index < -0.39 is 0 Å². The van der Waals surface area contributed by atoms with Crippen molar-refractivity contribution in [1.82, 2.24) is 20.2 Å². The minimum Gasteiger partial charge on any atom is -0.454 e. The summed E-state index contributed by atoms with van der Waals surface area (Å²) in [4.78, 5) is 34.3. The molecule has 5 rings (SSSR count). The highest BCUT2D eigenvalue weighted by atomic mass is 16.7. The van der Waals surface area contributed by atoms with Crippen LogP contribution in [-0.2, 0) is 0 Å². The molecule has 0 aliphatic carbocycles. The summed E-state index contributed by atoms with van der Waals surface area (Å²) in [6, 6.07) is 10.5. The molecule has 2 aliphatic heterocycles. The number of H-pyrrole nitrogens is 1. The summed E-state index contributed by atoms with van der Waals surface area (Å²) in [5.41, 5.74) is 1.77. The maximum Gasteiger partial charge on any atom is 0.322 e. The minimum atomic E-state index is -0.212. The Bertz CT molecular complexity index is 1080. The van der Waals surface area contributed by atoms with Gasteiger partial charge in [0, 0.05) is 36.4 Å². The van der Waals surface area contributed by atoms with Crippen molar-refractivity contribution in [2.24, 2.45) is 0 Å². The molecule has 0 bridgehead atoms. The summed E-state index contributed by atoms with van der Waals surface area (Å²) < 4.78 is 10.6. The second-order valence-corrected chi connectivity index (χ2v) is 7.32. The van der Waals surface area contributed by atoms with Crippen molar-refractivity contribution in [3.05, 3.63) is 48.3 Å². The molecule has 9 heteroatoms. The van der Waals surface area contributed by atoms with Crippen molar-refractivity contribution < 1.29 is 19.1 Å². The first-order valence-corrected chi connectivity index (χ1v) is 9.86. The van der Waals surface area contributed by atoms with Gasteiger partial charge in [-0.2, -0.15) is 0 Å². The van der Waals surface area contributed by atoms with Crippen molar-refractivity contribution in [2.75, 3.05) is 25.2 Å². The van der Waals surface area contributed by atoms with Crippen LogP contribution >= 0.6 is 0 Å². The quantitative estimate of drug-likeness (QED) is 0.616. The lowest BCUT2D eigenvalue weighted by molar-refractivity contribution is 0.0939. The number of likely N-dealkylation sites (tertiary alicyclic amines) is 1. The molecule has 1 fully saturated rings. The number of hydrogen-bond donors (Lipinski definition) is 3. The van der Waals surface area contributed by atoms with Crippen LogP contribution in [0.25, 0.3) is 11.0 Å². The van der Waals surface area contributed by atoms with Gasteiger partial charge < -0.3 is 30.0 Å². The SMILES string of the molecule is O=C(NC[C@H]1CCCN1C(=O)Nc1ccc2c(c1)OCO2)c1cc2cccnc2[nH]1. The van der Waals surface area contributed by atoms with Gasteiger partial charge in [0.1, 0.15) is 11.3 Å². The molecule has 154 valence electrons. The zero-order chi connectivity index (χ0) is 20.5. The van der Waals surface area contributed by atoms with Crippen LogP contribution in [0.15, 0.2) is 42.6 Å². The molecule has 0 saturated carbocycles. The van der Waals surface area contributed by atoms with Gasteiger partial charge in [-0.1, -0.05) is 0 Å². The number of benzene rings is 1. The average Bonchev–Trinajstić information content (AvgIpc) is 3.50. The van der Waals surface area contributed by atoms with Gasteiger partial charge in [-0.15, -0.1) is 0 Å². The van der Waals surface area contributed by atoms with E-state index >= 15 is 0 Å². The predicted molar refractivity (Wildman–Crippen MR) is 110 cm³/mol. The number of rotatable bonds is 4. The lowest BCUT2D eigenvalue weighted by Gasteiger charge is -2.25. The van der Waals surface area contributed by atoms with E-state index in [1.54, 1.807) is 35.4 Å². The van der Waals surface area contributed by atoms with Crippen molar-refractivity contribution in [3.63, 3.8) is 0 Å². The van der Waals surface area contributed by atoms with E-state index in [0.717, 1.165) is 18.2 Å². The summed E-state index contributed by atoms with van der Waals surface area (Å²) in [7, 11) is 0. The number of fused-ring (bicyclic) bond motifs is 2. The monoisotopic (exact) mass is 407 g/mol. The van der Waals surface area contributed by atoms with E-state index in [9.17, 15) is 9.59 Å². The van der Waals surface area contributed by atoms with Gasteiger partial charge in [0.25, 0.3) is 5.91 Å². The average molecular weight is 407 g/mol. The largest absolute Gasteiger partial charge is 0.454 e. The summed E-state index contributed by atoms with van der Waals surface area (Å²) in [6.45, 7) is 1.22. The Balaban J connectivity index is 1.20. The summed E-state index contributed by atoms with van der Waals surface area (Å²) in [5, 5.41) is 6.72. The van der Waals surface area contributed by atoms with Crippen LogP contribution in [-0.4, -0.2) is 52.7 Å². The molecular weight excluding hydrogens is 386 g/mol. The molecule has 30 heavy (non-hydrogen) atoms. The summed E-state index contributed by atoms with van der Waals surface area (Å²) in [6.07, 6.45) is 3.41. The molecule has 9 nitrogen and oxygen atoms in total. The Morgan fingerprint density at radius 1 is 1.20 bits per heavy atom. The number of aromatic nitrogens is 2. The van der Waals surface area contributed by atoms with E-state index in [1.807, 2.05) is 12.1 Å². The molecular formula is C21H21N5O4. The summed E-state index contributed by atoms with van der Waals surface area (Å²) >= 11 is 0. The normalized spacial score (nSPS) is 17.3. The number of nitrogens with zero attached hydrogens (tertiary/aromatic N) is 2. The number of hydrogen-bond acceptors (Lipinski definition) is 5. The fourth-order valence-electron chi connectivity index (χ4n) is 3.87. The van der Waals surface area contributed by atoms with Crippen LogP contribution in [0.3, 0.4) is 0 Å². The first-order valence-electron chi connectivity index (χ1n) is 9.86. The third-order valence-electron chi connectivity index (χ3n) is 5.40. The number of carbonyl (C=O) groups excluding carboxylic acids is 2. The first kappa shape index (κ1) is 18.3. The van der Waals surface area contributed by atoms with Crippen LogP contribution in [0.1, 0.15) is 23.3 Å². The van der Waals surface area contributed by atoms with E-state index in [0.29, 0.717) is 41.6 Å². The predicted octanol–water partition coefficient (Wildman–Crippen LogP) is 2.72. The van der Waals surface area contributed by atoms with Crippen LogP contribution in [0.5, 0.6) is 11.5 Å². The lowest BCUT2D eigenvalue weighted by Crippen LogP contribution is -2.45. The Morgan fingerprint density at radius 2 is 2.10 bits per heavy atom. The lowest BCUT2D eigenvalue weighted by atomic mass is 10.2. The zero-order valence-electron chi connectivity index (χ0n) is 16.2. The highest BCUT2D eigenvalue weighted by Crippen LogP contribution is 2.34. The topological polar surface area (TPSA) is 109 Å². The van der Waals surface area contributed by atoms with Crippen molar-refractivity contribution >= 4 is 28.7 Å². The summed E-state index contributed by atoms with van der Waals surface area (Å²) in [5.74, 6) is 1.07. The fraction of sp³-hybridized carbons (Fsp3) is 0.286. The maximum absolute atomic E-state index is 12.8. The molecule has 1 saturated heterocycles. The molecule has 0 radical (unpaired) electrons. The Labute approximate surface area is 172 Å². The molecule has 3 aromatic rings. The zero-order valence-corrected chi connectivity index (χ0v) is 16.2. The first-order chi connectivity index (χ1) is 14.7. The molecule has 1 atom stereocenters. The Hall–Kier alpha value is -3.75. The molecule has 0 unspecified atom stereocenters. The standard InChI is InChI=1S/C21H21N5O4/c27-20(16-9-13-3-1-7-22-19(13)25-16)23-11-15-4-2-8-26(15)21(28)24-14-5-6-17-18(10-14)30-12-29-17/h1,3,5-7,9-10,15H,2,4,8,11-12H2,(H,22,25)(H,23,27)(H,24,28)/t15-/m1/s1. The van der Waals surface area contributed by atoms with Crippen molar-refractivity contribution in [3.8, 4) is 11.5 Å². The fourth-order valence-corrected chi connectivity index (χ4v) is 3.87. The van der Waals surface area contributed by atoms with Gasteiger partial charge in [0.15, 0.2) is 11.5 Å². The molecule has 2 aliphatic rings. The number of amides is 3. The molecule has 0 spiro atoms. The molecule has 1 aromatic carbocycles. The van der Waals surface area contributed by atoms with E-state index in [1.165, 1.54) is 0 Å². The van der Waals surface area contributed by atoms with E-state index in [2.05, 4.69) is 20.6 Å². The molecule has 3 N–H and O–H groups in total. The van der Waals surface area contributed by atoms with Crippen LogP contribution in [0.4, 0.5) is 10.5 Å². The number of carbonyl (C=O) groups is 2. The maximum atomic E-state index is 12.8. The van der Waals surface area contributed by atoms with Gasteiger partial charge >= 0.3 is 6.03 Å². The van der Waals surface area contributed by atoms with Crippen LogP contribution in [0, 0.1) is 0 Å². The van der Waals surface area contributed by atoms with Crippen LogP contribution in [0.2, 0.25) is 0 Å². The number of nitrogens with one attached hydrogen (secondary N) is 3. The third-order valence-corrected chi connectivity index (χ3v) is 5.40. The highest BCUT2D eigenvalue weighted by Gasteiger charge is 2.29. The smallest absolute Gasteiger partial charge is 0.322 e. The van der Waals surface area contributed by atoms with Gasteiger partial charge in [0.05, 0.1) is 6.04 Å². The Kier molecular flexibility index (Phi) is 4.62. The van der Waals surface area contributed by atoms with Crippen LogP contribution < -0.4 is 20.1 Å². The molecule has 3 amide bonds. The number of pyridine rings is 1. The van der Waals surface area contributed by atoms with E-state index in [-0.39, 0.29) is 24.8 Å². The number of urea groups is 1. The van der Waals surface area contributed by atoms with E-state index in [4.69, 9.17) is 9.47 Å². The van der Waals surface area contributed by atoms with Gasteiger partial charge in [-0.3, -0.25) is 4.79 Å². The van der Waals surface area contributed by atoms with Gasteiger partial charge in [-0.25, -0.2) is 9.78 Å². The van der Waals surface area contributed by atoms with Crippen molar-refractivity contribution in [1.29, 1.82) is 0 Å². The van der Waals surface area contributed by atoms with Gasteiger partial charge in [0.2, 0.25) is 6.79 Å². The Morgan fingerprint density at radius 3 is 3.00 bits per heavy atom. The second kappa shape index (κ2) is 7.58. The van der Waals surface area contributed by atoms with Crippen molar-refractivity contribution in [2.45, 2.75) is 18.9 Å². The highest BCUT2D eigenvalue weighted by molar-refractivity contribution is 5.97.